The highest BCUT2D eigenvalue weighted by molar-refractivity contribution is 5.92. The Kier molecular flexibility index (Phi) is 4.95. The number of rotatable bonds is 3. The lowest BCUT2D eigenvalue weighted by atomic mass is 9.83. The molecule has 0 saturated carbocycles. The number of ether oxygens (including phenoxy) is 2. The summed E-state index contributed by atoms with van der Waals surface area (Å²) in [6.45, 7) is 2.06. The van der Waals surface area contributed by atoms with Crippen LogP contribution >= 0.6 is 0 Å². The summed E-state index contributed by atoms with van der Waals surface area (Å²) in [4.78, 5) is 4.58. The normalized spacial score (nSPS) is 19.4. The highest BCUT2D eigenvalue weighted by Gasteiger charge is 2.19. The van der Waals surface area contributed by atoms with Gasteiger partial charge in [-0.05, 0) is 42.5 Å². The lowest BCUT2D eigenvalue weighted by Gasteiger charge is -2.24. The van der Waals surface area contributed by atoms with E-state index in [1.807, 2.05) is 18.2 Å². The molecule has 2 aliphatic rings. The van der Waals surface area contributed by atoms with Crippen molar-refractivity contribution >= 4 is 11.6 Å². The standard InChI is InChI=1S/C21H25N3O2/c22-21(23-14-16-7-3-6-15-5-1-2-8-18(15)16)24-17-9-10-19-20(13-17)26-12-4-11-25-19/h1-2,5,8-10,13,16H,3-4,6-7,11-12,14H2,(H3,22,23,24). The summed E-state index contributed by atoms with van der Waals surface area (Å²) in [5, 5.41) is 3.17. The van der Waals surface area contributed by atoms with Gasteiger partial charge in [-0.25, -0.2) is 0 Å². The quantitative estimate of drug-likeness (QED) is 0.654. The van der Waals surface area contributed by atoms with Gasteiger partial charge in [0.15, 0.2) is 17.5 Å². The van der Waals surface area contributed by atoms with Gasteiger partial charge in [-0.15, -0.1) is 0 Å². The van der Waals surface area contributed by atoms with Crippen LogP contribution in [0.1, 0.15) is 36.3 Å². The van der Waals surface area contributed by atoms with E-state index < -0.39 is 0 Å². The number of aliphatic imine (C=N–C) groups is 1. The molecule has 0 spiro atoms. The third-order valence-electron chi connectivity index (χ3n) is 5.00. The first-order valence-electron chi connectivity index (χ1n) is 9.34. The van der Waals surface area contributed by atoms with Crippen LogP contribution in [0.15, 0.2) is 47.5 Å². The Bertz CT molecular complexity index is 804. The molecule has 5 heteroatoms. The number of anilines is 1. The van der Waals surface area contributed by atoms with Crippen LogP contribution in [0, 0.1) is 0 Å². The second-order valence-corrected chi connectivity index (χ2v) is 6.85. The fourth-order valence-corrected chi connectivity index (χ4v) is 3.68. The minimum atomic E-state index is 0.433. The summed E-state index contributed by atoms with van der Waals surface area (Å²) in [7, 11) is 0. The fraction of sp³-hybridized carbons (Fsp3) is 0.381. The number of nitrogens with one attached hydrogen (secondary N) is 1. The summed E-state index contributed by atoms with van der Waals surface area (Å²) >= 11 is 0. The lowest BCUT2D eigenvalue weighted by molar-refractivity contribution is 0.297. The van der Waals surface area contributed by atoms with Crippen LogP contribution in [0.25, 0.3) is 0 Å². The van der Waals surface area contributed by atoms with Gasteiger partial charge in [0.2, 0.25) is 0 Å². The molecule has 0 radical (unpaired) electrons. The summed E-state index contributed by atoms with van der Waals surface area (Å²) in [5.74, 6) is 2.41. The van der Waals surface area contributed by atoms with Crippen LogP contribution in [0.3, 0.4) is 0 Å². The molecule has 5 nitrogen and oxygen atoms in total. The summed E-state index contributed by atoms with van der Waals surface area (Å²) in [6, 6.07) is 14.4. The molecule has 3 N–H and O–H groups in total. The Balaban J connectivity index is 1.42. The van der Waals surface area contributed by atoms with Gasteiger partial charge >= 0.3 is 0 Å². The Morgan fingerprint density at radius 1 is 1.08 bits per heavy atom. The predicted molar refractivity (Wildman–Crippen MR) is 104 cm³/mol. The second kappa shape index (κ2) is 7.68. The average Bonchev–Trinajstić information content (AvgIpc) is 2.91. The van der Waals surface area contributed by atoms with E-state index in [2.05, 4.69) is 34.6 Å². The highest BCUT2D eigenvalue weighted by atomic mass is 16.5. The molecule has 2 aromatic rings. The molecule has 0 bridgehead atoms. The third kappa shape index (κ3) is 3.77. The van der Waals surface area contributed by atoms with Crippen molar-refractivity contribution in [1.29, 1.82) is 0 Å². The fourth-order valence-electron chi connectivity index (χ4n) is 3.68. The molecular formula is C21H25N3O2. The SMILES string of the molecule is NC(=NCC1CCCc2ccccc21)Nc1ccc2c(c1)OCCCO2. The predicted octanol–water partition coefficient (Wildman–Crippen LogP) is 3.69. The molecule has 4 rings (SSSR count). The number of benzene rings is 2. The average molecular weight is 351 g/mol. The topological polar surface area (TPSA) is 68.9 Å². The number of aryl methyl sites for hydroxylation is 1. The van der Waals surface area contributed by atoms with Crippen molar-refractivity contribution in [2.24, 2.45) is 10.7 Å². The van der Waals surface area contributed by atoms with Crippen LogP contribution in [0.5, 0.6) is 11.5 Å². The minimum absolute atomic E-state index is 0.433. The largest absolute Gasteiger partial charge is 0.490 e. The number of fused-ring (bicyclic) bond motifs is 2. The number of nitrogens with two attached hydrogens (primary N) is 1. The number of hydrogen-bond donors (Lipinski definition) is 2. The maximum Gasteiger partial charge on any atom is 0.193 e. The summed E-state index contributed by atoms with van der Waals surface area (Å²) in [5.41, 5.74) is 9.85. The molecule has 1 unspecified atom stereocenters. The molecule has 1 atom stereocenters. The van der Waals surface area contributed by atoms with Gasteiger partial charge in [0.25, 0.3) is 0 Å². The van der Waals surface area contributed by atoms with E-state index in [-0.39, 0.29) is 0 Å². The molecule has 2 aromatic carbocycles. The van der Waals surface area contributed by atoms with Crippen molar-refractivity contribution in [2.75, 3.05) is 25.1 Å². The molecule has 0 aromatic heterocycles. The van der Waals surface area contributed by atoms with Crippen molar-refractivity contribution in [2.45, 2.75) is 31.6 Å². The highest BCUT2D eigenvalue weighted by Crippen LogP contribution is 2.33. The van der Waals surface area contributed by atoms with Crippen LogP contribution in [0.2, 0.25) is 0 Å². The molecule has 1 aliphatic carbocycles. The van der Waals surface area contributed by atoms with Gasteiger partial charge in [-0.3, -0.25) is 4.99 Å². The number of nitrogens with zero attached hydrogens (tertiary/aromatic N) is 1. The van der Waals surface area contributed by atoms with Crippen molar-refractivity contribution < 1.29 is 9.47 Å². The molecule has 0 amide bonds. The molecule has 136 valence electrons. The van der Waals surface area contributed by atoms with Gasteiger partial charge in [-0.1, -0.05) is 24.3 Å². The second-order valence-electron chi connectivity index (χ2n) is 6.85. The smallest absolute Gasteiger partial charge is 0.193 e. The first kappa shape index (κ1) is 16.8. The van der Waals surface area contributed by atoms with E-state index in [1.54, 1.807) is 0 Å². The summed E-state index contributed by atoms with van der Waals surface area (Å²) < 4.78 is 11.4. The zero-order valence-electron chi connectivity index (χ0n) is 14.9. The minimum Gasteiger partial charge on any atom is -0.490 e. The van der Waals surface area contributed by atoms with Crippen molar-refractivity contribution in [1.82, 2.24) is 0 Å². The van der Waals surface area contributed by atoms with E-state index in [0.29, 0.717) is 31.6 Å². The first-order valence-corrected chi connectivity index (χ1v) is 9.34. The maximum absolute atomic E-state index is 6.12. The van der Waals surface area contributed by atoms with E-state index in [1.165, 1.54) is 24.0 Å². The Labute approximate surface area is 154 Å². The van der Waals surface area contributed by atoms with Crippen molar-refractivity contribution in [3.8, 4) is 11.5 Å². The Morgan fingerprint density at radius 2 is 1.92 bits per heavy atom. The van der Waals surface area contributed by atoms with Gasteiger partial charge in [0, 0.05) is 30.6 Å². The molecule has 26 heavy (non-hydrogen) atoms. The van der Waals surface area contributed by atoms with Crippen molar-refractivity contribution in [3.05, 3.63) is 53.6 Å². The monoisotopic (exact) mass is 351 g/mol. The van der Waals surface area contributed by atoms with Crippen LogP contribution in [0.4, 0.5) is 5.69 Å². The molecule has 1 aliphatic heterocycles. The van der Waals surface area contributed by atoms with E-state index in [0.717, 1.165) is 30.0 Å². The maximum atomic E-state index is 6.12. The molecule has 0 fully saturated rings. The zero-order valence-corrected chi connectivity index (χ0v) is 14.9. The zero-order chi connectivity index (χ0) is 17.8. The van der Waals surface area contributed by atoms with Gasteiger partial charge in [-0.2, -0.15) is 0 Å². The van der Waals surface area contributed by atoms with Crippen molar-refractivity contribution in [3.63, 3.8) is 0 Å². The molecule has 0 saturated heterocycles. The van der Waals surface area contributed by atoms with Crippen LogP contribution < -0.4 is 20.5 Å². The van der Waals surface area contributed by atoms with Gasteiger partial charge in [0.1, 0.15) is 0 Å². The number of hydrogen-bond acceptors (Lipinski definition) is 3. The lowest BCUT2D eigenvalue weighted by Crippen LogP contribution is -2.24. The van der Waals surface area contributed by atoms with E-state index in [9.17, 15) is 0 Å². The third-order valence-corrected chi connectivity index (χ3v) is 5.00. The van der Waals surface area contributed by atoms with Gasteiger partial charge < -0.3 is 20.5 Å². The summed E-state index contributed by atoms with van der Waals surface area (Å²) in [6.07, 6.45) is 4.44. The van der Waals surface area contributed by atoms with Crippen LogP contribution in [-0.4, -0.2) is 25.7 Å². The first-order chi connectivity index (χ1) is 12.8. The van der Waals surface area contributed by atoms with E-state index in [4.69, 9.17) is 15.2 Å². The number of guanidine groups is 1. The Hall–Kier alpha value is -2.69. The Morgan fingerprint density at radius 3 is 2.85 bits per heavy atom. The molecule has 1 heterocycles. The molecular weight excluding hydrogens is 326 g/mol. The van der Waals surface area contributed by atoms with Gasteiger partial charge in [0.05, 0.1) is 13.2 Å². The van der Waals surface area contributed by atoms with Crippen LogP contribution in [-0.2, 0) is 6.42 Å². The van der Waals surface area contributed by atoms with E-state index >= 15 is 0 Å².